The fourth-order valence-electron chi connectivity index (χ4n) is 3.41. The number of amides is 1. The van der Waals surface area contributed by atoms with Crippen molar-refractivity contribution in [2.24, 2.45) is 5.92 Å². The molecule has 0 aliphatic heterocycles. The average Bonchev–Trinajstić information content (AvgIpc) is 2.61. The lowest BCUT2D eigenvalue weighted by atomic mass is 9.86. The van der Waals surface area contributed by atoms with Crippen molar-refractivity contribution in [1.29, 1.82) is 0 Å². The van der Waals surface area contributed by atoms with E-state index in [2.05, 4.69) is 5.32 Å². The van der Waals surface area contributed by atoms with Gasteiger partial charge in [-0.15, -0.1) is 0 Å². The number of sulfonamides is 1. The van der Waals surface area contributed by atoms with Crippen LogP contribution in [0.1, 0.15) is 56.9 Å². The van der Waals surface area contributed by atoms with Crippen LogP contribution in [-0.2, 0) is 21.4 Å². The van der Waals surface area contributed by atoms with Crippen LogP contribution >= 0.6 is 0 Å². The zero-order valence-electron chi connectivity index (χ0n) is 15.3. The van der Waals surface area contributed by atoms with E-state index in [0.29, 0.717) is 12.0 Å². The van der Waals surface area contributed by atoms with Gasteiger partial charge in [-0.3, -0.25) is 4.79 Å². The Kier molecular flexibility index (Phi) is 7.44. The summed E-state index contributed by atoms with van der Waals surface area (Å²) in [6, 6.07) is 6.82. The fraction of sp³-hybridized carbons (Fsp3) is 0.632. The monoisotopic (exact) mass is 366 g/mol. The van der Waals surface area contributed by atoms with Crippen LogP contribution in [0.2, 0.25) is 0 Å². The molecule has 2 rings (SSSR count). The number of benzene rings is 1. The molecular weight excluding hydrogens is 336 g/mol. The van der Waals surface area contributed by atoms with E-state index in [4.69, 9.17) is 0 Å². The van der Waals surface area contributed by atoms with Crippen LogP contribution in [0.3, 0.4) is 0 Å². The van der Waals surface area contributed by atoms with Gasteiger partial charge in [-0.05, 0) is 30.4 Å². The number of carbonyl (C=O) groups is 1. The van der Waals surface area contributed by atoms with Crippen LogP contribution in [0, 0.1) is 5.92 Å². The van der Waals surface area contributed by atoms with E-state index >= 15 is 0 Å². The highest BCUT2D eigenvalue weighted by molar-refractivity contribution is 7.89. The maximum Gasteiger partial charge on any atom is 0.242 e. The van der Waals surface area contributed by atoms with Gasteiger partial charge < -0.3 is 5.32 Å². The third kappa shape index (κ3) is 5.82. The molecule has 1 aliphatic carbocycles. The van der Waals surface area contributed by atoms with E-state index in [0.717, 1.165) is 18.8 Å². The minimum absolute atomic E-state index is 0.00661. The Hall–Kier alpha value is -1.40. The Morgan fingerprint density at radius 2 is 1.84 bits per heavy atom. The van der Waals surface area contributed by atoms with Crippen molar-refractivity contribution in [3.05, 3.63) is 29.8 Å². The molecule has 0 unspecified atom stereocenters. The molecule has 0 atom stereocenters. The molecule has 140 valence electrons. The van der Waals surface area contributed by atoms with E-state index in [9.17, 15) is 13.2 Å². The van der Waals surface area contributed by atoms with Crippen molar-refractivity contribution >= 4 is 15.9 Å². The van der Waals surface area contributed by atoms with Crippen molar-refractivity contribution in [2.75, 3.05) is 14.1 Å². The number of nitrogens with one attached hydrogen (secondary N) is 1. The predicted molar refractivity (Wildman–Crippen MR) is 99.6 cm³/mol. The first-order valence-corrected chi connectivity index (χ1v) is 10.6. The summed E-state index contributed by atoms with van der Waals surface area (Å²) in [4.78, 5) is 12.3. The van der Waals surface area contributed by atoms with Gasteiger partial charge in [0.1, 0.15) is 0 Å². The van der Waals surface area contributed by atoms with Gasteiger partial charge in [-0.2, -0.15) is 0 Å². The first kappa shape index (κ1) is 19.9. The quantitative estimate of drug-likeness (QED) is 0.767. The minimum atomic E-state index is -3.50. The molecule has 1 saturated carbocycles. The summed E-state index contributed by atoms with van der Waals surface area (Å²) in [5.74, 6) is 0.778. The van der Waals surface area contributed by atoms with Crippen molar-refractivity contribution in [3.63, 3.8) is 0 Å². The van der Waals surface area contributed by atoms with Gasteiger partial charge in [-0.25, -0.2) is 12.7 Å². The summed E-state index contributed by atoms with van der Waals surface area (Å²) in [6.07, 6.45) is 9.16. The van der Waals surface area contributed by atoms with Crippen LogP contribution in [-0.4, -0.2) is 32.7 Å². The molecule has 0 spiro atoms. The Labute approximate surface area is 151 Å². The Bertz CT molecular complexity index is 665. The van der Waals surface area contributed by atoms with Gasteiger partial charge in [-0.1, -0.05) is 50.3 Å². The molecule has 0 saturated heterocycles. The lowest BCUT2D eigenvalue weighted by Crippen LogP contribution is -2.27. The number of rotatable bonds is 8. The topological polar surface area (TPSA) is 66.5 Å². The van der Waals surface area contributed by atoms with Gasteiger partial charge >= 0.3 is 0 Å². The van der Waals surface area contributed by atoms with Gasteiger partial charge in [0, 0.05) is 27.1 Å². The summed E-state index contributed by atoms with van der Waals surface area (Å²) in [5, 5.41) is 2.87. The maximum atomic E-state index is 12.4. The normalized spacial score (nSPS) is 16.1. The molecule has 6 heteroatoms. The van der Waals surface area contributed by atoms with Crippen LogP contribution in [0.25, 0.3) is 0 Å². The zero-order valence-corrected chi connectivity index (χ0v) is 16.1. The smallest absolute Gasteiger partial charge is 0.242 e. The number of carbonyl (C=O) groups excluding carboxylic acids is 1. The summed E-state index contributed by atoms with van der Waals surface area (Å²) in [7, 11) is -0.485. The molecule has 1 aliphatic rings. The molecule has 1 aromatic carbocycles. The summed E-state index contributed by atoms with van der Waals surface area (Å²) < 4.78 is 25.9. The van der Waals surface area contributed by atoms with Crippen molar-refractivity contribution in [3.8, 4) is 0 Å². The molecule has 5 nitrogen and oxygen atoms in total. The summed E-state index contributed by atoms with van der Waals surface area (Å²) in [6.45, 7) is 0.242. The molecular formula is C19H30N2O3S. The number of hydrogen-bond donors (Lipinski definition) is 1. The largest absolute Gasteiger partial charge is 0.352 e. The highest BCUT2D eigenvalue weighted by atomic mass is 32.2. The molecule has 1 fully saturated rings. The zero-order chi connectivity index (χ0) is 18.3. The molecule has 0 radical (unpaired) electrons. The van der Waals surface area contributed by atoms with E-state index in [-0.39, 0.29) is 17.3 Å². The summed E-state index contributed by atoms with van der Waals surface area (Å²) in [5.41, 5.74) is 0.622. The third-order valence-corrected chi connectivity index (χ3v) is 6.86. The summed E-state index contributed by atoms with van der Waals surface area (Å²) >= 11 is 0. The van der Waals surface area contributed by atoms with Gasteiger partial charge in [0.2, 0.25) is 15.9 Å². The Balaban J connectivity index is 1.83. The first-order chi connectivity index (χ1) is 11.9. The van der Waals surface area contributed by atoms with Crippen LogP contribution in [0.5, 0.6) is 0 Å². The standard InChI is InChI=1S/C19H30N2O3S/c1-21(2)25(23,24)18-13-7-6-12-17(18)15-20-19(22)14-8-11-16-9-4-3-5-10-16/h6-7,12-13,16H,3-5,8-11,14-15H2,1-2H3,(H,20,22). The lowest BCUT2D eigenvalue weighted by Gasteiger charge is -2.21. The second kappa shape index (κ2) is 9.34. The Morgan fingerprint density at radius 1 is 1.16 bits per heavy atom. The fourth-order valence-corrected chi connectivity index (χ4v) is 4.52. The van der Waals surface area contributed by atoms with Crippen molar-refractivity contribution < 1.29 is 13.2 Å². The molecule has 0 aromatic heterocycles. The molecule has 0 bridgehead atoms. The predicted octanol–water partition coefficient (Wildman–Crippen LogP) is 3.30. The lowest BCUT2D eigenvalue weighted by molar-refractivity contribution is -0.121. The average molecular weight is 367 g/mol. The third-order valence-electron chi connectivity index (χ3n) is 4.95. The SMILES string of the molecule is CN(C)S(=O)(=O)c1ccccc1CNC(=O)CCCC1CCCCC1. The minimum Gasteiger partial charge on any atom is -0.352 e. The van der Waals surface area contributed by atoms with E-state index in [1.54, 1.807) is 24.3 Å². The molecule has 25 heavy (non-hydrogen) atoms. The molecule has 1 aromatic rings. The van der Waals surface area contributed by atoms with Gasteiger partial charge in [0.15, 0.2) is 0 Å². The Morgan fingerprint density at radius 3 is 2.52 bits per heavy atom. The maximum absolute atomic E-state index is 12.4. The second-order valence-corrected chi connectivity index (χ2v) is 9.19. The van der Waals surface area contributed by atoms with Gasteiger partial charge in [0.05, 0.1) is 4.90 Å². The van der Waals surface area contributed by atoms with Crippen molar-refractivity contribution in [2.45, 2.75) is 62.8 Å². The van der Waals surface area contributed by atoms with Gasteiger partial charge in [0.25, 0.3) is 0 Å². The van der Waals surface area contributed by atoms with Crippen LogP contribution in [0.4, 0.5) is 0 Å². The number of nitrogens with zero attached hydrogens (tertiary/aromatic N) is 1. The highest BCUT2D eigenvalue weighted by Crippen LogP contribution is 2.27. The second-order valence-electron chi connectivity index (χ2n) is 7.07. The van der Waals surface area contributed by atoms with E-state index < -0.39 is 10.0 Å². The first-order valence-electron chi connectivity index (χ1n) is 9.18. The highest BCUT2D eigenvalue weighted by Gasteiger charge is 2.20. The molecule has 0 heterocycles. The van der Waals surface area contributed by atoms with Crippen LogP contribution in [0.15, 0.2) is 29.2 Å². The van der Waals surface area contributed by atoms with E-state index in [1.165, 1.54) is 50.5 Å². The molecule has 1 amide bonds. The van der Waals surface area contributed by atoms with Crippen LogP contribution < -0.4 is 5.32 Å². The molecule has 1 N–H and O–H groups in total. The number of hydrogen-bond acceptors (Lipinski definition) is 3. The van der Waals surface area contributed by atoms with E-state index in [1.807, 2.05) is 0 Å². The van der Waals surface area contributed by atoms with Crippen molar-refractivity contribution in [1.82, 2.24) is 9.62 Å².